The summed E-state index contributed by atoms with van der Waals surface area (Å²) < 4.78 is 9.12. The van der Waals surface area contributed by atoms with E-state index in [-0.39, 0.29) is 0 Å². The van der Waals surface area contributed by atoms with Crippen molar-refractivity contribution < 1.29 is 4.74 Å². The van der Waals surface area contributed by atoms with Gasteiger partial charge in [0.1, 0.15) is 17.9 Å². The number of aromatic nitrogens is 6. The van der Waals surface area contributed by atoms with Crippen LogP contribution in [0.1, 0.15) is 5.56 Å². The fourth-order valence-corrected chi connectivity index (χ4v) is 4.79. The van der Waals surface area contributed by atoms with Gasteiger partial charge in [-0.15, -0.1) is 0 Å². The van der Waals surface area contributed by atoms with E-state index in [9.17, 15) is 0 Å². The minimum atomic E-state index is 0.827. The van der Waals surface area contributed by atoms with Crippen LogP contribution in [0.15, 0.2) is 73.3 Å². The average Bonchev–Trinajstić information content (AvgIpc) is 3.53. The molecule has 1 fully saturated rings. The van der Waals surface area contributed by atoms with Gasteiger partial charge in [0.15, 0.2) is 5.65 Å². The number of hydrogen-bond donors (Lipinski definition) is 0. The van der Waals surface area contributed by atoms with E-state index < -0.39 is 0 Å². The van der Waals surface area contributed by atoms with E-state index in [0.29, 0.717) is 0 Å². The number of benzene rings is 2. The highest BCUT2D eigenvalue weighted by molar-refractivity contribution is 5.86. The van der Waals surface area contributed by atoms with E-state index in [2.05, 4.69) is 55.3 Å². The molecule has 0 spiro atoms. The van der Waals surface area contributed by atoms with Crippen LogP contribution in [-0.2, 0) is 13.6 Å². The molecule has 9 heteroatoms. The van der Waals surface area contributed by atoms with E-state index in [4.69, 9.17) is 9.84 Å². The van der Waals surface area contributed by atoms with Crippen LogP contribution in [0.3, 0.4) is 0 Å². The van der Waals surface area contributed by atoms with Gasteiger partial charge in [-0.2, -0.15) is 10.2 Å². The Bertz CT molecular complexity index is 1470. The Morgan fingerprint density at radius 2 is 1.69 bits per heavy atom. The molecule has 0 aliphatic carbocycles. The Morgan fingerprint density at radius 3 is 2.44 bits per heavy atom. The van der Waals surface area contributed by atoms with Crippen LogP contribution in [0.2, 0.25) is 0 Å². The van der Waals surface area contributed by atoms with Crippen LogP contribution in [0.4, 0.5) is 5.82 Å². The predicted octanol–water partition coefficient (Wildman–Crippen LogP) is 3.55. The topological polar surface area (TPSA) is 77.1 Å². The Labute approximate surface area is 209 Å². The lowest BCUT2D eigenvalue weighted by Crippen LogP contribution is -2.46. The minimum absolute atomic E-state index is 0.827. The van der Waals surface area contributed by atoms with Crippen molar-refractivity contribution in [3.8, 4) is 22.7 Å². The van der Waals surface area contributed by atoms with Crippen molar-refractivity contribution in [2.24, 2.45) is 7.05 Å². The molecule has 182 valence electrons. The lowest BCUT2D eigenvalue weighted by atomic mass is 10.1. The first kappa shape index (κ1) is 22.2. The second-order valence-electron chi connectivity index (χ2n) is 8.98. The van der Waals surface area contributed by atoms with Gasteiger partial charge < -0.3 is 9.64 Å². The van der Waals surface area contributed by atoms with Crippen molar-refractivity contribution in [2.75, 3.05) is 38.2 Å². The van der Waals surface area contributed by atoms with Gasteiger partial charge in [0, 0.05) is 57.1 Å². The number of aryl methyl sites for hydroxylation is 1. The highest BCUT2D eigenvalue weighted by atomic mass is 16.5. The first-order chi connectivity index (χ1) is 17.7. The van der Waals surface area contributed by atoms with E-state index in [1.54, 1.807) is 18.1 Å². The second-order valence-corrected chi connectivity index (χ2v) is 8.98. The first-order valence-electron chi connectivity index (χ1n) is 12.1. The van der Waals surface area contributed by atoms with E-state index >= 15 is 0 Å². The number of fused-ring (bicyclic) bond motifs is 1. The van der Waals surface area contributed by atoms with Crippen LogP contribution >= 0.6 is 0 Å². The summed E-state index contributed by atoms with van der Waals surface area (Å²) in [4.78, 5) is 13.8. The second kappa shape index (κ2) is 9.43. The van der Waals surface area contributed by atoms with E-state index in [1.165, 1.54) is 5.56 Å². The number of nitrogens with zero attached hydrogens (tertiary/aromatic N) is 8. The number of anilines is 1. The van der Waals surface area contributed by atoms with Crippen molar-refractivity contribution in [3.63, 3.8) is 0 Å². The van der Waals surface area contributed by atoms with Crippen molar-refractivity contribution >= 4 is 16.9 Å². The standard InChI is InChI=1S/C27H28N8O/c1-32-26-24(16-30-32)27(29-19-28-26)34-14-12-33(13-15-34)17-21-18-35(22-6-4-3-5-7-22)31-25(21)20-8-10-23(36-2)11-9-20/h3-11,16,18-19H,12-15,17H2,1-2H3. The summed E-state index contributed by atoms with van der Waals surface area (Å²) in [6, 6.07) is 18.4. The zero-order valence-electron chi connectivity index (χ0n) is 20.4. The largest absolute Gasteiger partial charge is 0.497 e. The lowest BCUT2D eigenvalue weighted by Gasteiger charge is -2.35. The molecule has 36 heavy (non-hydrogen) atoms. The van der Waals surface area contributed by atoms with Gasteiger partial charge in [-0.3, -0.25) is 9.58 Å². The lowest BCUT2D eigenvalue weighted by molar-refractivity contribution is 0.250. The molecular weight excluding hydrogens is 452 g/mol. The van der Waals surface area contributed by atoms with Gasteiger partial charge >= 0.3 is 0 Å². The van der Waals surface area contributed by atoms with E-state index in [1.807, 2.05) is 48.3 Å². The zero-order chi connectivity index (χ0) is 24.5. The first-order valence-corrected chi connectivity index (χ1v) is 12.1. The molecule has 0 unspecified atom stereocenters. The highest BCUT2D eigenvalue weighted by Gasteiger charge is 2.23. The monoisotopic (exact) mass is 480 g/mol. The van der Waals surface area contributed by atoms with Gasteiger partial charge in [-0.1, -0.05) is 18.2 Å². The molecule has 9 nitrogen and oxygen atoms in total. The fraction of sp³-hybridized carbons (Fsp3) is 0.259. The average molecular weight is 481 g/mol. The van der Waals surface area contributed by atoms with Crippen molar-refractivity contribution in [1.82, 2.24) is 34.4 Å². The SMILES string of the molecule is COc1ccc(-c2nn(-c3ccccc3)cc2CN2CCN(c3ncnc4c3cnn4C)CC2)cc1. The Hall–Kier alpha value is -4.24. The third-order valence-corrected chi connectivity index (χ3v) is 6.75. The normalized spacial score (nSPS) is 14.4. The Balaban J connectivity index is 1.24. The van der Waals surface area contributed by atoms with Gasteiger partial charge in [0.25, 0.3) is 0 Å². The summed E-state index contributed by atoms with van der Waals surface area (Å²) in [7, 11) is 3.60. The van der Waals surface area contributed by atoms with Crippen LogP contribution in [0.25, 0.3) is 28.0 Å². The molecule has 1 saturated heterocycles. The van der Waals surface area contributed by atoms with Crippen LogP contribution in [0, 0.1) is 0 Å². The summed E-state index contributed by atoms with van der Waals surface area (Å²) in [5.41, 5.74) is 5.19. The number of hydrogen-bond acceptors (Lipinski definition) is 7. The molecular formula is C27H28N8O. The van der Waals surface area contributed by atoms with E-state index in [0.717, 1.165) is 72.3 Å². The summed E-state index contributed by atoms with van der Waals surface area (Å²) in [6.07, 6.45) is 5.64. The summed E-state index contributed by atoms with van der Waals surface area (Å²) in [5, 5.41) is 10.3. The van der Waals surface area contributed by atoms with Crippen molar-refractivity contribution in [3.05, 3.63) is 78.9 Å². The maximum absolute atomic E-state index is 5.35. The Kier molecular flexibility index (Phi) is 5.82. The predicted molar refractivity (Wildman–Crippen MR) is 139 cm³/mol. The number of rotatable bonds is 6. The quantitative estimate of drug-likeness (QED) is 0.368. The van der Waals surface area contributed by atoms with Gasteiger partial charge in [-0.05, 0) is 36.4 Å². The summed E-state index contributed by atoms with van der Waals surface area (Å²) in [5.74, 6) is 1.80. The minimum Gasteiger partial charge on any atom is -0.497 e. The molecule has 0 radical (unpaired) electrons. The molecule has 1 aliphatic heterocycles. The molecule has 5 aromatic rings. The fourth-order valence-electron chi connectivity index (χ4n) is 4.79. The van der Waals surface area contributed by atoms with Gasteiger partial charge in [-0.25, -0.2) is 14.6 Å². The van der Waals surface area contributed by atoms with Crippen LogP contribution in [0.5, 0.6) is 5.75 Å². The maximum atomic E-state index is 5.35. The van der Waals surface area contributed by atoms with Crippen LogP contribution < -0.4 is 9.64 Å². The van der Waals surface area contributed by atoms with Gasteiger partial charge in [0.2, 0.25) is 0 Å². The molecule has 0 N–H and O–H groups in total. The molecule has 2 aromatic carbocycles. The molecule has 3 aromatic heterocycles. The highest BCUT2D eigenvalue weighted by Crippen LogP contribution is 2.28. The Morgan fingerprint density at radius 1 is 0.917 bits per heavy atom. The molecule has 6 rings (SSSR count). The summed E-state index contributed by atoms with van der Waals surface area (Å²) in [6.45, 7) is 4.49. The number of para-hydroxylation sites is 1. The summed E-state index contributed by atoms with van der Waals surface area (Å²) >= 11 is 0. The van der Waals surface area contributed by atoms with Gasteiger partial charge in [0.05, 0.1) is 30.1 Å². The molecule has 0 amide bonds. The van der Waals surface area contributed by atoms with Crippen molar-refractivity contribution in [1.29, 1.82) is 0 Å². The van der Waals surface area contributed by atoms with Crippen LogP contribution in [-0.4, -0.2) is 67.7 Å². The number of piperazine rings is 1. The smallest absolute Gasteiger partial charge is 0.163 e. The number of methoxy groups -OCH3 is 1. The molecule has 4 heterocycles. The maximum Gasteiger partial charge on any atom is 0.163 e. The third kappa shape index (κ3) is 4.18. The van der Waals surface area contributed by atoms with Crippen molar-refractivity contribution in [2.45, 2.75) is 6.54 Å². The molecule has 0 saturated carbocycles. The number of ether oxygens (including phenoxy) is 1. The molecule has 1 aliphatic rings. The third-order valence-electron chi connectivity index (χ3n) is 6.75. The zero-order valence-corrected chi connectivity index (χ0v) is 20.4. The molecule has 0 atom stereocenters. The molecule has 0 bridgehead atoms.